The van der Waals surface area contributed by atoms with Gasteiger partial charge in [0, 0.05) is 6.42 Å². The van der Waals surface area contributed by atoms with E-state index in [-0.39, 0.29) is 6.61 Å². The van der Waals surface area contributed by atoms with Crippen molar-refractivity contribution in [3.63, 3.8) is 0 Å². The van der Waals surface area contributed by atoms with Crippen LogP contribution in [0.4, 0.5) is 0 Å². The molecule has 0 spiro atoms. The predicted molar refractivity (Wildman–Crippen MR) is 28.2 cm³/mol. The Labute approximate surface area is 51.7 Å². The lowest BCUT2D eigenvalue weighted by Crippen LogP contribution is -2.01. The molecule has 0 bridgehead atoms. The second-order valence-electron chi connectivity index (χ2n) is 1.37. The van der Waals surface area contributed by atoms with Crippen molar-refractivity contribution in [2.75, 3.05) is 6.61 Å². The van der Waals surface area contributed by atoms with Gasteiger partial charge in [-0.15, -0.1) is 10.1 Å². The second-order valence-corrected chi connectivity index (χ2v) is 1.37. The van der Waals surface area contributed by atoms with E-state index in [1.165, 1.54) is 0 Å². The Balaban J connectivity index is 2.91. The first-order valence-electron chi connectivity index (χ1n) is 2.48. The standard InChI is InChI=1S/C4H7NO4/c6-3-1-2-4-9-5(7)8/h3H,1-2,4H2. The summed E-state index contributed by atoms with van der Waals surface area (Å²) in [4.78, 5) is 23.0. The maximum atomic E-state index is 9.62. The molecule has 5 heteroatoms. The van der Waals surface area contributed by atoms with Crippen molar-refractivity contribution < 1.29 is 14.7 Å². The molecule has 0 fully saturated rings. The first-order valence-corrected chi connectivity index (χ1v) is 2.48. The van der Waals surface area contributed by atoms with Gasteiger partial charge < -0.3 is 9.63 Å². The zero-order valence-corrected chi connectivity index (χ0v) is 4.78. The van der Waals surface area contributed by atoms with E-state index >= 15 is 0 Å². The van der Waals surface area contributed by atoms with E-state index in [4.69, 9.17) is 0 Å². The highest BCUT2D eigenvalue weighted by Gasteiger charge is 1.91. The number of hydrogen-bond acceptors (Lipinski definition) is 4. The van der Waals surface area contributed by atoms with E-state index in [1.54, 1.807) is 0 Å². The number of rotatable bonds is 5. The van der Waals surface area contributed by atoms with Crippen molar-refractivity contribution >= 4 is 6.29 Å². The lowest BCUT2D eigenvalue weighted by molar-refractivity contribution is -0.757. The summed E-state index contributed by atoms with van der Waals surface area (Å²) in [6.07, 6.45) is 1.42. The van der Waals surface area contributed by atoms with Crippen LogP contribution < -0.4 is 0 Å². The zero-order valence-electron chi connectivity index (χ0n) is 4.78. The van der Waals surface area contributed by atoms with Crippen LogP contribution >= 0.6 is 0 Å². The van der Waals surface area contributed by atoms with Crippen LogP contribution in [0.3, 0.4) is 0 Å². The summed E-state index contributed by atoms with van der Waals surface area (Å²) in [5.41, 5.74) is 0. The molecule has 0 saturated heterocycles. The lowest BCUT2D eigenvalue weighted by Gasteiger charge is -1.91. The topological polar surface area (TPSA) is 69.4 Å². The minimum Gasteiger partial charge on any atom is -0.314 e. The van der Waals surface area contributed by atoms with Crippen LogP contribution in [0.25, 0.3) is 0 Å². The minimum absolute atomic E-state index is 0.00569. The predicted octanol–water partition coefficient (Wildman–Crippen LogP) is 0.174. The number of carbonyl (C=O) groups excluding carboxylic acids is 1. The molecule has 0 saturated carbocycles. The number of aldehydes is 1. The summed E-state index contributed by atoms with van der Waals surface area (Å²) in [6.45, 7) is 0.00569. The van der Waals surface area contributed by atoms with E-state index in [0.29, 0.717) is 19.1 Å². The van der Waals surface area contributed by atoms with Gasteiger partial charge in [0.2, 0.25) is 0 Å². The molecule has 0 aromatic rings. The van der Waals surface area contributed by atoms with Gasteiger partial charge in [-0.1, -0.05) is 0 Å². The van der Waals surface area contributed by atoms with Gasteiger partial charge in [0.25, 0.3) is 5.09 Å². The fourth-order valence-electron chi connectivity index (χ4n) is 0.306. The van der Waals surface area contributed by atoms with Crippen LogP contribution in [0.2, 0.25) is 0 Å². The highest BCUT2D eigenvalue weighted by atomic mass is 16.9. The quantitative estimate of drug-likeness (QED) is 0.232. The van der Waals surface area contributed by atoms with Gasteiger partial charge in [-0.3, -0.25) is 0 Å². The van der Waals surface area contributed by atoms with Gasteiger partial charge in [-0.05, 0) is 6.42 Å². The van der Waals surface area contributed by atoms with Crippen LogP contribution in [0.1, 0.15) is 12.8 Å². The first-order chi connectivity index (χ1) is 4.27. The second kappa shape index (κ2) is 5.02. The molecule has 0 N–H and O–H groups in total. The fourth-order valence-corrected chi connectivity index (χ4v) is 0.306. The third kappa shape index (κ3) is 6.87. The first kappa shape index (κ1) is 7.87. The summed E-state index contributed by atoms with van der Waals surface area (Å²) < 4.78 is 0. The van der Waals surface area contributed by atoms with Crippen LogP contribution in [-0.2, 0) is 9.63 Å². The molecule has 0 heterocycles. The average Bonchev–Trinajstić information content (AvgIpc) is 1.80. The molecule has 0 atom stereocenters. The van der Waals surface area contributed by atoms with Gasteiger partial charge in [0.15, 0.2) is 0 Å². The lowest BCUT2D eigenvalue weighted by atomic mass is 10.4. The molecule has 0 unspecified atom stereocenters. The van der Waals surface area contributed by atoms with Crippen molar-refractivity contribution in [3.8, 4) is 0 Å². The number of carbonyl (C=O) groups is 1. The molecule has 0 aliphatic carbocycles. The third-order valence-corrected chi connectivity index (χ3v) is 0.663. The molecular weight excluding hydrogens is 126 g/mol. The monoisotopic (exact) mass is 133 g/mol. The van der Waals surface area contributed by atoms with Crippen molar-refractivity contribution in [3.05, 3.63) is 10.1 Å². The van der Waals surface area contributed by atoms with Crippen molar-refractivity contribution in [2.45, 2.75) is 12.8 Å². The number of unbranched alkanes of at least 4 members (excludes halogenated alkanes) is 1. The zero-order chi connectivity index (χ0) is 7.11. The van der Waals surface area contributed by atoms with Crippen molar-refractivity contribution in [1.29, 1.82) is 0 Å². The average molecular weight is 133 g/mol. The summed E-state index contributed by atoms with van der Waals surface area (Å²) in [5.74, 6) is 0. The van der Waals surface area contributed by atoms with Gasteiger partial charge in [0.05, 0.1) is 6.61 Å². The molecule has 0 aliphatic heterocycles. The van der Waals surface area contributed by atoms with Crippen LogP contribution in [0.5, 0.6) is 0 Å². The van der Waals surface area contributed by atoms with E-state index in [1.807, 2.05) is 0 Å². The highest BCUT2D eigenvalue weighted by molar-refractivity contribution is 5.48. The van der Waals surface area contributed by atoms with Crippen molar-refractivity contribution in [1.82, 2.24) is 0 Å². The van der Waals surface area contributed by atoms with Crippen LogP contribution in [0, 0.1) is 10.1 Å². The largest absolute Gasteiger partial charge is 0.314 e. The highest BCUT2D eigenvalue weighted by Crippen LogP contribution is 1.85. The molecular formula is C4H7NO4. The molecule has 0 radical (unpaired) electrons. The molecule has 0 aliphatic rings. The summed E-state index contributed by atoms with van der Waals surface area (Å²) in [5, 5.41) is 8.59. The molecule has 9 heavy (non-hydrogen) atoms. The van der Waals surface area contributed by atoms with Crippen molar-refractivity contribution in [2.24, 2.45) is 0 Å². The SMILES string of the molecule is O=CCCCO[N+](=O)[O-]. The van der Waals surface area contributed by atoms with Gasteiger partial charge in [-0.2, -0.15) is 0 Å². The molecule has 0 aromatic heterocycles. The van der Waals surface area contributed by atoms with Crippen LogP contribution in [-0.4, -0.2) is 18.0 Å². The maximum absolute atomic E-state index is 9.62. The van der Waals surface area contributed by atoms with Gasteiger partial charge >= 0.3 is 0 Å². The number of hydrogen-bond donors (Lipinski definition) is 0. The Morgan fingerprint density at radius 2 is 2.33 bits per heavy atom. The van der Waals surface area contributed by atoms with Gasteiger partial charge in [-0.25, -0.2) is 0 Å². The van der Waals surface area contributed by atoms with Gasteiger partial charge in [0.1, 0.15) is 6.29 Å². The normalized spacial score (nSPS) is 8.44. The van der Waals surface area contributed by atoms with E-state index < -0.39 is 5.09 Å². The molecule has 0 amide bonds. The summed E-state index contributed by atoms with van der Waals surface area (Å²) >= 11 is 0. The molecule has 0 rings (SSSR count). The third-order valence-electron chi connectivity index (χ3n) is 0.663. The Kier molecular flexibility index (Phi) is 4.39. The van der Waals surface area contributed by atoms with E-state index in [2.05, 4.69) is 4.84 Å². The Morgan fingerprint density at radius 1 is 1.67 bits per heavy atom. The summed E-state index contributed by atoms with van der Waals surface area (Å²) in [7, 11) is 0. The number of nitrogens with zero attached hydrogens (tertiary/aromatic N) is 1. The smallest absolute Gasteiger partial charge is 0.294 e. The Bertz CT molecular complexity index is 103. The fraction of sp³-hybridized carbons (Fsp3) is 0.750. The minimum atomic E-state index is -0.870. The van der Waals surface area contributed by atoms with E-state index in [0.717, 1.165) is 0 Å². The Morgan fingerprint density at radius 3 is 2.78 bits per heavy atom. The van der Waals surface area contributed by atoms with E-state index in [9.17, 15) is 14.9 Å². The Hall–Kier alpha value is -1.13. The molecule has 52 valence electrons. The molecule has 5 nitrogen and oxygen atoms in total. The maximum Gasteiger partial charge on any atom is 0.294 e. The summed E-state index contributed by atoms with van der Waals surface area (Å²) in [6, 6.07) is 0. The molecule has 0 aromatic carbocycles. The van der Waals surface area contributed by atoms with Crippen LogP contribution in [0.15, 0.2) is 0 Å².